The highest BCUT2D eigenvalue weighted by Gasteiger charge is 2.23. The molecule has 0 fully saturated rings. The van der Waals surface area contributed by atoms with Gasteiger partial charge >= 0.3 is 0 Å². The monoisotopic (exact) mass is 286 g/mol. The Labute approximate surface area is 118 Å². The Balaban J connectivity index is 2.87. The highest BCUT2D eigenvalue weighted by atomic mass is 35.5. The van der Waals surface area contributed by atoms with E-state index in [1.807, 2.05) is 39.0 Å². The lowest BCUT2D eigenvalue weighted by molar-refractivity contribution is 0.621. The van der Waals surface area contributed by atoms with Crippen molar-refractivity contribution in [3.63, 3.8) is 0 Å². The molecule has 0 saturated heterocycles. The summed E-state index contributed by atoms with van der Waals surface area (Å²) in [4.78, 5) is 0. The van der Waals surface area contributed by atoms with Crippen molar-refractivity contribution in [2.45, 2.75) is 51.2 Å². The molecule has 1 aromatic rings. The van der Waals surface area contributed by atoms with E-state index in [0.717, 1.165) is 23.6 Å². The first-order valence-electron chi connectivity index (χ1n) is 6.48. The molecule has 0 saturated carbocycles. The summed E-state index contributed by atoms with van der Waals surface area (Å²) in [5.74, 6) is 1.06. The van der Waals surface area contributed by atoms with Crippen LogP contribution in [0.4, 0.5) is 0 Å². The van der Waals surface area contributed by atoms with Gasteiger partial charge < -0.3 is 0 Å². The molecule has 0 bridgehead atoms. The van der Waals surface area contributed by atoms with E-state index in [0.29, 0.717) is 5.92 Å². The van der Waals surface area contributed by atoms with Crippen LogP contribution in [-0.4, -0.2) is 14.7 Å². The summed E-state index contributed by atoms with van der Waals surface area (Å²) in [7, 11) is -0.819. The first kappa shape index (κ1) is 15.7. The molecule has 1 rings (SSSR count). The van der Waals surface area contributed by atoms with Gasteiger partial charge in [-0.25, -0.2) is 0 Å². The molecule has 1 unspecified atom stereocenters. The van der Waals surface area contributed by atoms with Crippen molar-refractivity contribution in [2.24, 2.45) is 0 Å². The van der Waals surface area contributed by atoms with E-state index >= 15 is 0 Å². The zero-order chi connectivity index (χ0) is 13.8. The van der Waals surface area contributed by atoms with E-state index in [9.17, 15) is 4.21 Å². The van der Waals surface area contributed by atoms with Crippen LogP contribution >= 0.6 is 11.6 Å². The lowest BCUT2D eigenvalue weighted by atomic mass is 9.96. The minimum Gasteiger partial charge on any atom is -0.259 e. The van der Waals surface area contributed by atoms with Crippen LogP contribution in [0.1, 0.15) is 52.0 Å². The summed E-state index contributed by atoms with van der Waals surface area (Å²) < 4.78 is 12.1. The summed E-state index contributed by atoms with van der Waals surface area (Å²) in [6.07, 6.45) is 2.15. The van der Waals surface area contributed by atoms with Crippen LogP contribution in [0.3, 0.4) is 0 Å². The van der Waals surface area contributed by atoms with Crippen LogP contribution in [0.5, 0.6) is 0 Å². The standard InChI is InChI=1S/C15H23ClOS/c1-5-7-13(11-18(17)15(2,3)4)12-8-6-9-14(16)10-12/h6,8-10,13H,5,7,11H2,1-4H3/t13?,18-/m1/s1. The maximum Gasteiger partial charge on any atom is 0.0408 e. The van der Waals surface area contributed by atoms with Crippen LogP contribution < -0.4 is 0 Å². The molecule has 2 atom stereocenters. The maximum atomic E-state index is 12.3. The van der Waals surface area contributed by atoms with E-state index in [2.05, 4.69) is 13.0 Å². The van der Waals surface area contributed by atoms with Gasteiger partial charge in [-0.2, -0.15) is 0 Å². The molecular formula is C15H23ClOS. The van der Waals surface area contributed by atoms with E-state index in [-0.39, 0.29) is 4.75 Å². The number of hydrogen-bond donors (Lipinski definition) is 0. The molecule has 0 N–H and O–H groups in total. The summed E-state index contributed by atoms with van der Waals surface area (Å²) in [5, 5.41) is 0.759. The number of hydrogen-bond acceptors (Lipinski definition) is 1. The Morgan fingerprint density at radius 2 is 2.00 bits per heavy atom. The zero-order valence-electron chi connectivity index (χ0n) is 11.7. The van der Waals surface area contributed by atoms with Crippen molar-refractivity contribution in [3.8, 4) is 0 Å². The molecule has 0 amide bonds. The minimum atomic E-state index is -0.819. The lowest BCUT2D eigenvalue weighted by Crippen LogP contribution is -2.26. The van der Waals surface area contributed by atoms with Crippen LogP contribution in [0.2, 0.25) is 5.02 Å². The first-order valence-corrected chi connectivity index (χ1v) is 8.18. The van der Waals surface area contributed by atoms with Crippen molar-refractivity contribution in [3.05, 3.63) is 34.9 Å². The topological polar surface area (TPSA) is 17.1 Å². The molecule has 18 heavy (non-hydrogen) atoms. The largest absolute Gasteiger partial charge is 0.259 e. The Kier molecular flexibility index (Phi) is 5.87. The average molecular weight is 287 g/mol. The third-order valence-corrected chi connectivity index (χ3v) is 5.30. The first-order chi connectivity index (χ1) is 8.34. The summed E-state index contributed by atoms with van der Waals surface area (Å²) in [6, 6.07) is 7.95. The zero-order valence-corrected chi connectivity index (χ0v) is 13.3. The van der Waals surface area contributed by atoms with Gasteiger partial charge in [-0.15, -0.1) is 0 Å². The number of halogens is 1. The van der Waals surface area contributed by atoms with Gasteiger partial charge in [0.25, 0.3) is 0 Å². The molecule has 0 aliphatic heterocycles. The second kappa shape index (κ2) is 6.72. The van der Waals surface area contributed by atoms with Gasteiger partial charge in [0.2, 0.25) is 0 Å². The molecule has 0 spiro atoms. The third-order valence-electron chi connectivity index (χ3n) is 2.99. The van der Waals surface area contributed by atoms with Gasteiger partial charge in [0.1, 0.15) is 0 Å². The summed E-state index contributed by atoms with van der Waals surface area (Å²) >= 11 is 6.04. The molecule has 1 aromatic carbocycles. The van der Waals surface area contributed by atoms with Crippen LogP contribution in [-0.2, 0) is 10.8 Å². The molecule has 3 heteroatoms. The Morgan fingerprint density at radius 1 is 1.33 bits per heavy atom. The number of benzene rings is 1. The molecule has 1 nitrogen and oxygen atoms in total. The van der Waals surface area contributed by atoms with Crippen molar-refractivity contribution in [1.82, 2.24) is 0 Å². The molecular weight excluding hydrogens is 264 g/mol. The van der Waals surface area contributed by atoms with Crippen LogP contribution in [0, 0.1) is 0 Å². The van der Waals surface area contributed by atoms with Crippen molar-refractivity contribution in [1.29, 1.82) is 0 Å². The Morgan fingerprint density at radius 3 is 2.50 bits per heavy atom. The fourth-order valence-corrected chi connectivity index (χ4v) is 3.31. The fraction of sp³-hybridized carbons (Fsp3) is 0.600. The van der Waals surface area contributed by atoms with Crippen molar-refractivity contribution >= 4 is 22.4 Å². The predicted octanol–water partition coefficient (Wildman–Crippen LogP) is 4.77. The lowest BCUT2D eigenvalue weighted by Gasteiger charge is -2.23. The molecule has 0 aliphatic carbocycles. The molecule has 0 heterocycles. The van der Waals surface area contributed by atoms with Gasteiger partial charge in [-0.1, -0.05) is 37.1 Å². The van der Waals surface area contributed by atoms with Crippen LogP contribution in [0.15, 0.2) is 24.3 Å². The van der Waals surface area contributed by atoms with E-state index < -0.39 is 10.8 Å². The van der Waals surface area contributed by atoms with Crippen molar-refractivity contribution in [2.75, 3.05) is 5.75 Å². The fourth-order valence-electron chi connectivity index (χ4n) is 1.89. The summed E-state index contributed by atoms with van der Waals surface area (Å²) in [6.45, 7) is 8.26. The average Bonchev–Trinajstić information content (AvgIpc) is 2.27. The SMILES string of the molecule is CCCC(C[S@@](=O)C(C)(C)C)c1cccc(Cl)c1. The Bertz CT molecular complexity index is 409. The van der Waals surface area contributed by atoms with Gasteiger partial charge in [0.05, 0.1) is 0 Å². The second-order valence-electron chi connectivity index (χ2n) is 5.67. The molecule has 0 aliphatic rings. The highest BCUT2D eigenvalue weighted by Crippen LogP contribution is 2.27. The summed E-state index contributed by atoms with van der Waals surface area (Å²) in [5.41, 5.74) is 1.21. The molecule has 102 valence electrons. The minimum absolute atomic E-state index is 0.148. The molecule has 0 aromatic heterocycles. The van der Waals surface area contributed by atoms with E-state index in [1.54, 1.807) is 0 Å². The quantitative estimate of drug-likeness (QED) is 0.762. The normalized spacial score (nSPS) is 15.4. The van der Waals surface area contributed by atoms with E-state index in [4.69, 9.17) is 11.6 Å². The second-order valence-corrected chi connectivity index (χ2v) is 8.35. The Hall–Kier alpha value is -0.340. The van der Waals surface area contributed by atoms with E-state index in [1.165, 1.54) is 5.56 Å². The maximum absolute atomic E-state index is 12.3. The van der Waals surface area contributed by atoms with Crippen molar-refractivity contribution < 1.29 is 4.21 Å². The number of rotatable bonds is 5. The highest BCUT2D eigenvalue weighted by molar-refractivity contribution is 7.86. The molecule has 0 radical (unpaired) electrons. The predicted molar refractivity (Wildman–Crippen MR) is 81.9 cm³/mol. The van der Waals surface area contributed by atoms with Gasteiger partial charge in [0.15, 0.2) is 0 Å². The van der Waals surface area contributed by atoms with Crippen LogP contribution in [0.25, 0.3) is 0 Å². The van der Waals surface area contributed by atoms with Gasteiger partial charge in [-0.05, 0) is 50.8 Å². The third kappa shape index (κ3) is 4.74. The smallest absolute Gasteiger partial charge is 0.0408 e. The van der Waals surface area contributed by atoms with Gasteiger partial charge in [-0.3, -0.25) is 4.21 Å². The van der Waals surface area contributed by atoms with Gasteiger partial charge in [0, 0.05) is 26.3 Å².